The highest BCUT2D eigenvalue weighted by Gasteiger charge is 2.13. The van der Waals surface area contributed by atoms with Gasteiger partial charge in [-0.2, -0.15) is 0 Å². The Labute approximate surface area is 97.2 Å². The molecule has 0 amide bonds. The predicted octanol–water partition coefficient (Wildman–Crippen LogP) is 3.93. The SMILES string of the molecule is CCc1ccc(C(=O)C2=CCCCC2)cc1. The fourth-order valence-corrected chi connectivity index (χ4v) is 2.12. The maximum absolute atomic E-state index is 12.1. The van der Waals surface area contributed by atoms with E-state index in [1.807, 2.05) is 12.1 Å². The summed E-state index contributed by atoms with van der Waals surface area (Å²) in [6.07, 6.45) is 7.54. The van der Waals surface area contributed by atoms with E-state index in [4.69, 9.17) is 0 Å². The second kappa shape index (κ2) is 5.11. The average molecular weight is 214 g/mol. The van der Waals surface area contributed by atoms with Crippen LogP contribution in [0.1, 0.15) is 48.5 Å². The molecule has 0 saturated heterocycles. The first-order valence-electron chi connectivity index (χ1n) is 6.14. The Kier molecular flexibility index (Phi) is 3.55. The van der Waals surface area contributed by atoms with Crippen molar-refractivity contribution in [2.75, 3.05) is 0 Å². The minimum atomic E-state index is 0.224. The van der Waals surface area contributed by atoms with Crippen molar-refractivity contribution < 1.29 is 4.79 Å². The lowest BCUT2D eigenvalue weighted by Gasteiger charge is -2.11. The molecule has 84 valence electrons. The van der Waals surface area contributed by atoms with Crippen LogP contribution in [0.4, 0.5) is 0 Å². The number of hydrogen-bond acceptors (Lipinski definition) is 1. The minimum absolute atomic E-state index is 0.224. The maximum atomic E-state index is 12.1. The van der Waals surface area contributed by atoms with E-state index >= 15 is 0 Å². The number of ketones is 1. The summed E-state index contributed by atoms with van der Waals surface area (Å²) in [6.45, 7) is 2.13. The molecular weight excluding hydrogens is 196 g/mol. The number of carbonyl (C=O) groups excluding carboxylic acids is 1. The van der Waals surface area contributed by atoms with Gasteiger partial charge < -0.3 is 0 Å². The third-order valence-electron chi connectivity index (χ3n) is 3.21. The molecule has 1 nitrogen and oxygen atoms in total. The molecule has 2 rings (SSSR count). The van der Waals surface area contributed by atoms with Crippen LogP contribution in [0.3, 0.4) is 0 Å². The number of rotatable bonds is 3. The Bertz CT molecular complexity index is 398. The first-order valence-corrected chi connectivity index (χ1v) is 6.14. The van der Waals surface area contributed by atoms with E-state index in [1.54, 1.807) is 0 Å². The van der Waals surface area contributed by atoms with E-state index in [2.05, 4.69) is 25.1 Å². The van der Waals surface area contributed by atoms with Crippen LogP contribution in [0.15, 0.2) is 35.9 Å². The molecular formula is C15H18O. The van der Waals surface area contributed by atoms with Gasteiger partial charge in [0.25, 0.3) is 0 Å². The van der Waals surface area contributed by atoms with Gasteiger partial charge in [0.2, 0.25) is 0 Å². The largest absolute Gasteiger partial charge is 0.289 e. The molecule has 1 aliphatic rings. The first kappa shape index (κ1) is 11.1. The molecule has 0 unspecified atom stereocenters. The second-order valence-electron chi connectivity index (χ2n) is 4.35. The molecule has 0 heterocycles. The second-order valence-corrected chi connectivity index (χ2v) is 4.35. The summed E-state index contributed by atoms with van der Waals surface area (Å²) in [5.74, 6) is 0.224. The molecule has 0 atom stereocenters. The molecule has 0 N–H and O–H groups in total. The zero-order valence-corrected chi connectivity index (χ0v) is 9.83. The highest BCUT2D eigenvalue weighted by atomic mass is 16.1. The molecule has 16 heavy (non-hydrogen) atoms. The van der Waals surface area contributed by atoms with Crippen LogP contribution >= 0.6 is 0 Å². The number of carbonyl (C=O) groups is 1. The lowest BCUT2D eigenvalue weighted by Crippen LogP contribution is -2.06. The van der Waals surface area contributed by atoms with E-state index in [-0.39, 0.29) is 5.78 Å². The molecule has 0 aromatic heterocycles. The van der Waals surface area contributed by atoms with E-state index in [9.17, 15) is 4.79 Å². The quantitative estimate of drug-likeness (QED) is 0.697. The summed E-state index contributed by atoms with van der Waals surface area (Å²) >= 11 is 0. The van der Waals surface area contributed by atoms with E-state index < -0.39 is 0 Å². The molecule has 1 aromatic rings. The smallest absolute Gasteiger partial charge is 0.188 e. The highest BCUT2D eigenvalue weighted by molar-refractivity contribution is 6.08. The van der Waals surface area contributed by atoms with Crippen molar-refractivity contribution >= 4 is 5.78 Å². The summed E-state index contributed by atoms with van der Waals surface area (Å²) in [6, 6.07) is 8.01. The van der Waals surface area contributed by atoms with Crippen molar-refractivity contribution in [2.45, 2.75) is 39.0 Å². The molecule has 0 radical (unpaired) electrons. The first-order chi connectivity index (χ1) is 7.81. The van der Waals surface area contributed by atoms with E-state index in [0.29, 0.717) is 0 Å². The van der Waals surface area contributed by atoms with Crippen LogP contribution in [0.25, 0.3) is 0 Å². The van der Waals surface area contributed by atoms with E-state index in [1.165, 1.54) is 12.0 Å². The molecule has 1 aliphatic carbocycles. The lowest BCUT2D eigenvalue weighted by atomic mass is 9.92. The van der Waals surface area contributed by atoms with Crippen molar-refractivity contribution in [1.82, 2.24) is 0 Å². The van der Waals surface area contributed by atoms with Gasteiger partial charge in [-0.1, -0.05) is 37.3 Å². The van der Waals surface area contributed by atoms with Crippen molar-refractivity contribution in [2.24, 2.45) is 0 Å². The van der Waals surface area contributed by atoms with Crippen molar-refractivity contribution in [3.8, 4) is 0 Å². The van der Waals surface area contributed by atoms with Gasteiger partial charge in [-0.3, -0.25) is 4.79 Å². The number of hydrogen-bond donors (Lipinski definition) is 0. The van der Waals surface area contributed by atoms with Crippen LogP contribution in [-0.2, 0) is 6.42 Å². The standard InChI is InChI=1S/C15H18O/c1-2-12-8-10-14(11-9-12)15(16)13-6-4-3-5-7-13/h6,8-11H,2-5,7H2,1H3. The highest BCUT2D eigenvalue weighted by Crippen LogP contribution is 2.21. The van der Waals surface area contributed by atoms with Crippen LogP contribution in [0.5, 0.6) is 0 Å². The predicted molar refractivity (Wildman–Crippen MR) is 66.7 cm³/mol. The fraction of sp³-hybridized carbons (Fsp3) is 0.400. The van der Waals surface area contributed by atoms with Gasteiger partial charge in [-0.25, -0.2) is 0 Å². The van der Waals surface area contributed by atoms with Crippen LogP contribution in [0.2, 0.25) is 0 Å². The number of benzene rings is 1. The Morgan fingerprint density at radius 3 is 2.50 bits per heavy atom. The zero-order chi connectivity index (χ0) is 11.4. The summed E-state index contributed by atoms with van der Waals surface area (Å²) in [5, 5.41) is 0. The van der Waals surface area contributed by atoms with Gasteiger partial charge in [0.1, 0.15) is 0 Å². The number of allylic oxidation sites excluding steroid dienone is 2. The molecule has 0 spiro atoms. The van der Waals surface area contributed by atoms with Crippen LogP contribution in [0, 0.1) is 0 Å². The van der Waals surface area contributed by atoms with Gasteiger partial charge in [0.15, 0.2) is 5.78 Å². The lowest BCUT2D eigenvalue weighted by molar-refractivity contribution is 0.102. The average Bonchev–Trinajstić information content (AvgIpc) is 2.39. The summed E-state index contributed by atoms with van der Waals surface area (Å²) in [5.41, 5.74) is 3.13. The van der Waals surface area contributed by atoms with E-state index in [0.717, 1.165) is 36.8 Å². The Hall–Kier alpha value is -1.37. The molecule has 0 saturated carbocycles. The molecule has 1 aromatic carbocycles. The molecule has 0 aliphatic heterocycles. The van der Waals surface area contributed by atoms with Crippen LogP contribution in [-0.4, -0.2) is 5.78 Å². The van der Waals surface area contributed by atoms with Gasteiger partial charge in [-0.05, 0) is 43.2 Å². The topological polar surface area (TPSA) is 17.1 Å². The Morgan fingerprint density at radius 1 is 1.19 bits per heavy atom. The normalized spacial score (nSPS) is 15.7. The van der Waals surface area contributed by atoms with Gasteiger partial charge in [0.05, 0.1) is 0 Å². The minimum Gasteiger partial charge on any atom is -0.289 e. The monoisotopic (exact) mass is 214 g/mol. The van der Waals surface area contributed by atoms with Gasteiger partial charge in [0, 0.05) is 5.56 Å². The number of Topliss-reactive ketones (excluding diaryl/α,β-unsaturated/α-hetero) is 1. The molecule has 0 bridgehead atoms. The number of aryl methyl sites for hydroxylation is 1. The fourth-order valence-electron chi connectivity index (χ4n) is 2.12. The van der Waals surface area contributed by atoms with Gasteiger partial charge in [-0.15, -0.1) is 0 Å². The summed E-state index contributed by atoms with van der Waals surface area (Å²) in [7, 11) is 0. The third-order valence-corrected chi connectivity index (χ3v) is 3.21. The zero-order valence-electron chi connectivity index (χ0n) is 9.83. The third kappa shape index (κ3) is 2.41. The van der Waals surface area contributed by atoms with Crippen molar-refractivity contribution in [1.29, 1.82) is 0 Å². The Balaban J connectivity index is 2.16. The summed E-state index contributed by atoms with van der Waals surface area (Å²) < 4.78 is 0. The Morgan fingerprint density at radius 2 is 1.94 bits per heavy atom. The van der Waals surface area contributed by atoms with Crippen LogP contribution < -0.4 is 0 Å². The molecule has 1 heteroatoms. The molecule has 0 fully saturated rings. The van der Waals surface area contributed by atoms with Gasteiger partial charge >= 0.3 is 0 Å². The maximum Gasteiger partial charge on any atom is 0.188 e. The summed E-state index contributed by atoms with van der Waals surface area (Å²) in [4.78, 5) is 12.1. The van der Waals surface area contributed by atoms with Crippen molar-refractivity contribution in [3.63, 3.8) is 0 Å². The van der Waals surface area contributed by atoms with Crippen molar-refractivity contribution in [3.05, 3.63) is 47.0 Å².